The zero-order chi connectivity index (χ0) is 13.0. The number of rotatable bonds is 5. The number of hydrogen-bond acceptors (Lipinski definition) is 7. The van der Waals surface area contributed by atoms with Crippen LogP contribution in [0.1, 0.15) is 0 Å². The van der Waals surface area contributed by atoms with Crippen LogP contribution in [0, 0.1) is 0 Å². The minimum atomic E-state index is -3.41. The molecule has 1 aromatic rings. The van der Waals surface area contributed by atoms with Gasteiger partial charge in [-0.25, -0.2) is 13.1 Å². The van der Waals surface area contributed by atoms with Crippen molar-refractivity contribution in [3.05, 3.63) is 0 Å². The number of anilines is 1. The Bertz CT molecular complexity index is 479. The van der Waals surface area contributed by atoms with Gasteiger partial charge in [-0.2, -0.15) is 4.80 Å². The fourth-order valence-electron chi connectivity index (χ4n) is 1.70. The maximum absolute atomic E-state index is 11.8. The van der Waals surface area contributed by atoms with Crippen molar-refractivity contribution in [2.24, 2.45) is 7.05 Å². The van der Waals surface area contributed by atoms with Crippen LogP contribution in [-0.4, -0.2) is 72.0 Å². The second-order valence-electron chi connectivity index (χ2n) is 4.12. The van der Waals surface area contributed by atoms with Gasteiger partial charge in [-0.15, -0.1) is 5.10 Å². The zero-order valence-corrected chi connectivity index (χ0v) is 11.0. The topological polar surface area (TPSA) is 105 Å². The van der Waals surface area contributed by atoms with Gasteiger partial charge in [0.05, 0.1) is 12.8 Å². The Morgan fingerprint density at radius 3 is 2.72 bits per heavy atom. The molecule has 18 heavy (non-hydrogen) atoms. The molecule has 0 amide bonds. The first-order valence-corrected chi connectivity index (χ1v) is 7.38. The lowest BCUT2D eigenvalue weighted by Gasteiger charge is -2.26. The molecule has 1 aliphatic rings. The van der Waals surface area contributed by atoms with Crippen LogP contribution < -0.4 is 10.0 Å². The lowest BCUT2D eigenvalue weighted by Crippen LogP contribution is -2.45. The predicted molar refractivity (Wildman–Crippen MR) is 65.5 cm³/mol. The minimum absolute atomic E-state index is 0.0119. The molecule has 2 heterocycles. The summed E-state index contributed by atoms with van der Waals surface area (Å²) >= 11 is 0. The van der Waals surface area contributed by atoms with Gasteiger partial charge in [0.25, 0.3) is 5.95 Å². The Kier molecular flexibility index (Phi) is 4.09. The highest BCUT2D eigenvalue weighted by molar-refractivity contribution is 7.92. The van der Waals surface area contributed by atoms with Crippen LogP contribution in [0.5, 0.6) is 0 Å². The van der Waals surface area contributed by atoms with Gasteiger partial charge in [0.1, 0.15) is 0 Å². The van der Waals surface area contributed by atoms with Crippen LogP contribution in [0.2, 0.25) is 0 Å². The Labute approximate surface area is 106 Å². The van der Waals surface area contributed by atoms with Crippen LogP contribution in [0.3, 0.4) is 0 Å². The summed E-state index contributed by atoms with van der Waals surface area (Å²) in [6.45, 7) is 4.06. The fraction of sp³-hybridized carbons (Fsp3) is 0.875. The molecule has 1 aliphatic heterocycles. The van der Waals surface area contributed by atoms with E-state index in [9.17, 15) is 8.42 Å². The predicted octanol–water partition coefficient (Wildman–Crippen LogP) is -2.14. The van der Waals surface area contributed by atoms with E-state index in [0.29, 0.717) is 6.54 Å². The van der Waals surface area contributed by atoms with E-state index in [-0.39, 0.29) is 11.7 Å². The molecule has 2 rings (SSSR count). The molecule has 102 valence electrons. The number of nitrogens with zero attached hydrogens (tertiary/aromatic N) is 5. The standard InChI is InChI=1S/C8H17N7O2S/c1-14-11-8(10-13-14)12-18(16,17)7-6-15-4-2-9-3-5-15/h9H,2-7H2,1H3,(H,11,12). The molecule has 1 fully saturated rings. The zero-order valence-electron chi connectivity index (χ0n) is 10.2. The van der Waals surface area contributed by atoms with E-state index < -0.39 is 10.0 Å². The molecular formula is C8H17N7O2S. The maximum atomic E-state index is 11.8. The van der Waals surface area contributed by atoms with Crippen LogP contribution >= 0.6 is 0 Å². The Morgan fingerprint density at radius 2 is 2.11 bits per heavy atom. The molecule has 10 heteroatoms. The second kappa shape index (κ2) is 5.59. The number of aromatic nitrogens is 4. The Morgan fingerprint density at radius 1 is 1.39 bits per heavy atom. The highest BCUT2D eigenvalue weighted by Gasteiger charge is 2.17. The van der Waals surface area contributed by atoms with Gasteiger partial charge in [-0.3, -0.25) is 4.90 Å². The lowest BCUT2D eigenvalue weighted by molar-refractivity contribution is 0.254. The van der Waals surface area contributed by atoms with E-state index in [1.165, 1.54) is 4.80 Å². The molecule has 0 aliphatic carbocycles. The molecule has 9 nitrogen and oxygen atoms in total. The van der Waals surface area contributed by atoms with Gasteiger partial charge < -0.3 is 5.32 Å². The van der Waals surface area contributed by atoms with Gasteiger partial charge in [0.2, 0.25) is 10.0 Å². The van der Waals surface area contributed by atoms with Crippen LogP contribution in [0.15, 0.2) is 0 Å². The quantitative estimate of drug-likeness (QED) is 0.631. The number of sulfonamides is 1. The fourth-order valence-corrected chi connectivity index (χ4v) is 2.66. The number of aryl methyl sites for hydroxylation is 1. The van der Waals surface area contributed by atoms with E-state index in [1.807, 2.05) is 0 Å². The first-order chi connectivity index (χ1) is 8.55. The van der Waals surface area contributed by atoms with E-state index in [2.05, 4.69) is 30.3 Å². The third-order valence-electron chi connectivity index (χ3n) is 2.64. The lowest BCUT2D eigenvalue weighted by atomic mass is 10.4. The van der Waals surface area contributed by atoms with Crippen molar-refractivity contribution in [3.8, 4) is 0 Å². The van der Waals surface area contributed by atoms with Crippen molar-refractivity contribution in [2.45, 2.75) is 0 Å². The van der Waals surface area contributed by atoms with Crippen molar-refractivity contribution >= 4 is 16.0 Å². The average molecular weight is 275 g/mol. The summed E-state index contributed by atoms with van der Waals surface area (Å²) in [6.07, 6.45) is 0. The van der Waals surface area contributed by atoms with Crippen molar-refractivity contribution in [2.75, 3.05) is 43.2 Å². The van der Waals surface area contributed by atoms with Crippen molar-refractivity contribution in [1.82, 2.24) is 30.4 Å². The Balaban J connectivity index is 1.83. The molecule has 0 atom stereocenters. The largest absolute Gasteiger partial charge is 0.314 e. The van der Waals surface area contributed by atoms with Gasteiger partial charge >= 0.3 is 0 Å². The average Bonchev–Trinajstić information content (AvgIpc) is 2.73. The summed E-state index contributed by atoms with van der Waals surface area (Å²) in [6, 6.07) is 0. The molecule has 0 radical (unpaired) electrons. The molecular weight excluding hydrogens is 258 g/mol. The highest BCUT2D eigenvalue weighted by atomic mass is 32.2. The van der Waals surface area contributed by atoms with E-state index in [1.54, 1.807) is 7.05 Å². The molecule has 1 aromatic heterocycles. The summed E-state index contributed by atoms with van der Waals surface area (Å²) < 4.78 is 25.9. The number of hydrogen-bond donors (Lipinski definition) is 2. The molecule has 0 bridgehead atoms. The Hall–Kier alpha value is -1.26. The SMILES string of the molecule is Cn1nnc(NS(=O)(=O)CCN2CCNCC2)n1. The van der Waals surface area contributed by atoms with Crippen LogP contribution in [0.4, 0.5) is 5.95 Å². The monoisotopic (exact) mass is 275 g/mol. The van der Waals surface area contributed by atoms with Crippen LogP contribution in [0.25, 0.3) is 0 Å². The number of nitrogens with one attached hydrogen (secondary N) is 2. The molecule has 1 saturated heterocycles. The van der Waals surface area contributed by atoms with Crippen molar-refractivity contribution in [1.29, 1.82) is 0 Å². The third kappa shape index (κ3) is 3.89. The number of piperazine rings is 1. The van der Waals surface area contributed by atoms with Crippen molar-refractivity contribution < 1.29 is 8.42 Å². The van der Waals surface area contributed by atoms with E-state index >= 15 is 0 Å². The first kappa shape index (κ1) is 13.2. The van der Waals surface area contributed by atoms with Crippen molar-refractivity contribution in [3.63, 3.8) is 0 Å². The normalized spacial score (nSPS) is 17.8. The molecule has 0 spiro atoms. The summed E-state index contributed by atoms with van der Waals surface area (Å²) in [7, 11) is -1.84. The van der Waals surface area contributed by atoms with Crippen LogP contribution in [-0.2, 0) is 17.1 Å². The summed E-state index contributed by atoms with van der Waals surface area (Å²) in [5, 5.41) is 14.1. The molecule has 0 aromatic carbocycles. The molecule has 0 unspecified atom stereocenters. The summed E-state index contributed by atoms with van der Waals surface area (Å²) in [5.74, 6) is 0.0449. The van der Waals surface area contributed by atoms with Gasteiger partial charge in [0.15, 0.2) is 0 Å². The number of tetrazole rings is 1. The minimum Gasteiger partial charge on any atom is -0.314 e. The smallest absolute Gasteiger partial charge is 0.276 e. The van der Waals surface area contributed by atoms with Gasteiger partial charge in [0, 0.05) is 32.7 Å². The first-order valence-electron chi connectivity index (χ1n) is 5.73. The summed E-state index contributed by atoms with van der Waals surface area (Å²) in [5.41, 5.74) is 0. The highest BCUT2D eigenvalue weighted by Crippen LogP contribution is 2.00. The molecule has 0 saturated carbocycles. The third-order valence-corrected chi connectivity index (χ3v) is 3.85. The second-order valence-corrected chi connectivity index (χ2v) is 5.96. The van der Waals surface area contributed by atoms with Gasteiger partial charge in [-0.1, -0.05) is 5.10 Å². The molecule has 2 N–H and O–H groups in total. The van der Waals surface area contributed by atoms with Gasteiger partial charge in [-0.05, 0) is 5.21 Å². The summed E-state index contributed by atoms with van der Waals surface area (Å²) in [4.78, 5) is 3.31. The maximum Gasteiger partial charge on any atom is 0.276 e. The van der Waals surface area contributed by atoms with E-state index in [0.717, 1.165) is 26.2 Å². The van der Waals surface area contributed by atoms with E-state index in [4.69, 9.17) is 0 Å².